The van der Waals surface area contributed by atoms with Gasteiger partial charge in [-0.1, -0.05) is 12.1 Å². The molecular weight excluding hydrogens is 428 g/mol. The molecule has 10 nitrogen and oxygen atoms in total. The summed E-state index contributed by atoms with van der Waals surface area (Å²) in [4.78, 5) is 33.6. The van der Waals surface area contributed by atoms with Crippen molar-refractivity contribution in [1.82, 2.24) is 4.31 Å². The number of carboxylic acid groups (broad SMARTS) is 1. The van der Waals surface area contributed by atoms with Crippen molar-refractivity contribution in [3.8, 4) is 0 Å². The highest BCUT2D eigenvalue weighted by Crippen LogP contribution is 2.27. The Balaban J connectivity index is 3.11. The molecule has 0 amide bonds. The molecule has 0 aliphatic rings. The molecule has 0 radical (unpaired) electrons. The first kappa shape index (κ1) is 26.2. The van der Waals surface area contributed by atoms with Gasteiger partial charge in [0.25, 0.3) is 5.69 Å². The fourth-order valence-electron chi connectivity index (χ4n) is 2.73. The van der Waals surface area contributed by atoms with Crippen LogP contribution < -0.4 is 0 Å². The number of carbonyl (C=O) groups excluding carboxylic acids is 1. The van der Waals surface area contributed by atoms with Crippen LogP contribution in [0, 0.1) is 22.6 Å². The number of rotatable bonds is 12. The van der Waals surface area contributed by atoms with Gasteiger partial charge in [-0.2, -0.15) is 4.31 Å². The molecule has 0 saturated heterocycles. The van der Waals surface area contributed by atoms with E-state index in [1.165, 1.54) is 18.2 Å². The molecule has 0 spiro atoms. The number of carbonyl (C=O) groups is 2. The maximum atomic E-state index is 13.1. The van der Waals surface area contributed by atoms with Gasteiger partial charge < -0.3 is 9.84 Å². The van der Waals surface area contributed by atoms with E-state index in [1.54, 1.807) is 20.8 Å². The molecule has 1 N–H and O–H groups in total. The average Bonchev–Trinajstić information content (AvgIpc) is 2.65. The first-order valence-corrected chi connectivity index (χ1v) is 10.9. The van der Waals surface area contributed by atoms with E-state index in [9.17, 15) is 33.2 Å². The maximum absolute atomic E-state index is 13.1. The topological polar surface area (TPSA) is 144 Å². The molecule has 1 rings (SSSR count). The zero-order valence-corrected chi connectivity index (χ0v) is 18.5. The number of nitrogens with zero attached hydrogens (tertiary/aromatic N) is 2. The van der Waals surface area contributed by atoms with E-state index >= 15 is 0 Å². The zero-order chi connectivity index (χ0) is 23.8. The standard InChI is InChI=1S/C20H26N2O8S/c1-5-6-12-21(31(28,29)17-10-8-7-9-16(17)22(26)27)13-11-15(19(24)25)14-18(23)30-20(2,3)4/h1,5,7-10,15H,6,11-14H2,2-4H3/p+1/t15-/m1/s1. The lowest BCUT2D eigenvalue weighted by Crippen LogP contribution is -2.35. The molecule has 0 bridgehead atoms. The zero-order valence-electron chi connectivity index (χ0n) is 17.7. The fraction of sp³-hybridized carbons (Fsp3) is 0.500. The minimum Gasteiger partial charge on any atom is -0.481 e. The smallest absolute Gasteiger partial charge is 0.307 e. The van der Waals surface area contributed by atoms with Crippen LogP contribution in [0.15, 0.2) is 35.2 Å². The van der Waals surface area contributed by atoms with Crippen molar-refractivity contribution in [2.45, 2.75) is 50.5 Å². The lowest BCUT2D eigenvalue weighted by Gasteiger charge is -2.24. The van der Waals surface area contributed by atoms with E-state index in [0.717, 1.165) is 16.4 Å². The third-order valence-corrected chi connectivity index (χ3v) is 6.08. The van der Waals surface area contributed by atoms with E-state index in [2.05, 4.69) is 0 Å². The Morgan fingerprint density at radius 2 is 1.90 bits per heavy atom. The molecule has 1 atom stereocenters. The Kier molecular flexibility index (Phi) is 9.23. The van der Waals surface area contributed by atoms with Gasteiger partial charge in [0.1, 0.15) is 5.60 Å². The Hall–Kier alpha value is -2.88. The summed E-state index contributed by atoms with van der Waals surface area (Å²) < 4.78 is 32.2. The lowest BCUT2D eigenvalue weighted by molar-refractivity contribution is -0.387. The first-order chi connectivity index (χ1) is 14.3. The Labute approximate surface area is 181 Å². The van der Waals surface area contributed by atoms with Gasteiger partial charge in [0.05, 0.1) is 17.3 Å². The third-order valence-electron chi connectivity index (χ3n) is 4.13. The van der Waals surface area contributed by atoms with Crippen molar-refractivity contribution in [3.05, 3.63) is 47.0 Å². The number of carboxylic acids is 1. The van der Waals surface area contributed by atoms with E-state index in [-0.39, 0.29) is 25.9 Å². The SMILES string of the molecule is [CH+]=CCCN(CC[C@H](CC(=O)OC(C)(C)C)C(=O)O)S(=O)(=O)c1ccccc1[N+](=O)[O-]. The van der Waals surface area contributed by atoms with Crippen molar-refractivity contribution < 1.29 is 32.8 Å². The Morgan fingerprint density at radius 1 is 1.29 bits per heavy atom. The molecule has 0 saturated carbocycles. The predicted molar refractivity (Wildman–Crippen MR) is 112 cm³/mol. The summed E-state index contributed by atoms with van der Waals surface area (Å²) in [6, 6.07) is 4.89. The van der Waals surface area contributed by atoms with Crippen molar-refractivity contribution in [3.63, 3.8) is 0 Å². The highest BCUT2D eigenvalue weighted by atomic mass is 32.2. The number of hydrogen-bond donors (Lipinski definition) is 1. The molecule has 0 heterocycles. The van der Waals surface area contributed by atoms with Crippen LogP contribution in [-0.2, 0) is 24.3 Å². The molecular formula is C20H27N2O8S+. The number of para-hydroxylation sites is 1. The van der Waals surface area contributed by atoms with Crippen LogP contribution in [0.25, 0.3) is 0 Å². The highest BCUT2D eigenvalue weighted by molar-refractivity contribution is 7.89. The molecule has 1 aromatic rings. The molecule has 0 unspecified atom stereocenters. The van der Waals surface area contributed by atoms with Crippen LogP contribution in [0.2, 0.25) is 0 Å². The number of nitro benzene ring substituents is 1. The Morgan fingerprint density at radius 3 is 2.42 bits per heavy atom. The first-order valence-electron chi connectivity index (χ1n) is 9.51. The minimum absolute atomic E-state index is 0.107. The van der Waals surface area contributed by atoms with Crippen molar-refractivity contribution >= 4 is 27.6 Å². The van der Waals surface area contributed by atoms with Crippen molar-refractivity contribution in [1.29, 1.82) is 0 Å². The lowest BCUT2D eigenvalue weighted by atomic mass is 10.0. The van der Waals surface area contributed by atoms with E-state index in [1.807, 2.05) is 0 Å². The quantitative estimate of drug-likeness (QED) is 0.219. The number of sulfonamides is 1. The second kappa shape index (κ2) is 10.9. The Bertz CT molecular complexity index is 921. The molecule has 1 aromatic carbocycles. The van der Waals surface area contributed by atoms with Crippen molar-refractivity contribution in [2.75, 3.05) is 13.1 Å². The van der Waals surface area contributed by atoms with Crippen molar-refractivity contribution in [2.24, 2.45) is 5.92 Å². The van der Waals surface area contributed by atoms with E-state index in [0.29, 0.717) is 0 Å². The normalized spacial score (nSPS) is 12.9. The summed E-state index contributed by atoms with van der Waals surface area (Å²) in [7, 11) is -4.32. The van der Waals surface area contributed by atoms with Crippen LogP contribution in [0.4, 0.5) is 5.69 Å². The molecule has 11 heteroatoms. The van der Waals surface area contributed by atoms with Crippen LogP contribution in [0.1, 0.15) is 40.0 Å². The van der Waals surface area contributed by atoms with Gasteiger partial charge in [-0.25, -0.2) is 8.42 Å². The van der Waals surface area contributed by atoms with Crippen LogP contribution in [0.3, 0.4) is 0 Å². The number of aliphatic carboxylic acids is 1. The summed E-state index contributed by atoms with van der Waals surface area (Å²) in [5, 5.41) is 20.7. The predicted octanol–water partition coefficient (Wildman–Crippen LogP) is 2.79. The molecule has 0 aliphatic carbocycles. The minimum atomic E-state index is -4.32. The van der Waals surface area contributed by atoms with Gasteiger partial charge in [0, 0.05) is 25.6 Å². The largest absolute Gasteiger partial charge is 0.481 e. The fourth-order valence-corrected chi connectivity index (χ4v) is 4.36. The third kappa shape index (κ3) is 8.05. The van der Waals surface area contributed by atoms with Crippen LogP contribution >= 0.6 is 0 Å². The van der Waals surface area contributed by atoms with Crippen LogP contribution in [0.5, 0.6) is 0 Å². The second-order valence-corrected chi connectivity index (χ2v) is 9.67. The summed E-state index contributed by atoms with van der Waals surface area (Å²) in [5.41, 5.74) is -1.38. The van der Waals surface area contributed by atoms with Gasteiger partial charge in [0.15, 0.2) is 11.0 Å². The van der Waals surface area contributed by atoms with E-state index < -0.39 is 55.4 Å². The van der Waals surface area contributed by atoms with Gasteiger partial charge in [-0.3, -0.25) is 19.7 Å². The maximum Gasteiger partial charge on any atom is 0.307 e. The number of hydrogen-bond acceptors (Lipinski definition) is 7. The summed E-state index contributed by atoms with van der Waals surface area (Å²) in [5.74, 6) is -3.19. The molecule has 170 valence electrons. The molecule has 0 aromatic heterocycles. The summed E-state index contributed by atoms with van der Waals surface area (Å²) >= 11 is 0. The number of esters is 1. The number of nitro groups is 1. The second-order valence-electron chi connectivity index (χ2n) is 7.77. The van der Waals surface area contributed by atoms with Gasteiger partial charge in [0.2, 0.25) is 16.6 Å². The van der Waals surface area contributed by atoms with Gasteiger partial charge >= 0.3 is 11.9 Å². The van der Waals surface area contributed by atoms with Crippen LogP contribution in [-0.4, -0.2) is 53.4 Å². The average molecular weight is 456 g/mol. The number of ether oxygens (including phenoxy) is 1. The summed E-state index contributed by atoms with van der Waals surface area (Å²) in [6.45, 7) is 9.90. The highest BCUT2D eigenvalue weighted by Gasteiger charge is 2.33. The van der Waals surface area contributed by atoms with Gasteiger partial charge in [-0.05, 0) is 33.3 Å². The molecule has 0 aliphatic heterocycles. The molecule has 0 fully saturated rings. The van der Waals surface area contributed by atoms with E-state index in [4.69, 9.17) is 11.3 Å². The monoisotopic (exact) mass is 455 g/mol. The van der Waals surface area contributed by atoms with Gasteiger partial charge in [-0.15, -0.1) is 0 Å². The summed E-state index contributed by atoms with van der Waals surface area (Å²) in [6.07, 6.45) is 0.745. The number of benzene rings is 1. The molecule has 31 heavy (non-hydrogen) atoms.